The summed E-state index contributed by atoms with van der Waals surface area (Å²) in [5.41, 5.74) is 2.10. The van der Waals surface area contributed by atoms with Gasteiger partial charge < -0.3 is 5.32 Å². The number of H-pyrrole nitrogens is 1. The number of hydrogen-bond donors (Lipinski definition) is 2. The van der Waals surface area contributed by atoms with Crippen molar-refractivity contribution >= 4 is 11.3 Å². The SMILES string of the molecule is O=c1cc(-c2ccsc2)[nH]n1C1CCNCC1. The van der Waals surface area contributed by atoms with Gasteiger partial charge in [0.2, 0.25) is 0 Å². The smallest absolute Gasteiger partial charge is 0.267 e. The average molecular weight is 249 g/mol. The molecule has 2 N–H and O–H groups in total. The van der Waals surface area contributed by atoms with Crippen molar-refractivity contribution in [1.29, 1.82) is 0 Å². The highest BCUT2D eigenvalue weighted by atomic mass is 32.1. The molecule has 1 aliphatic heterocycles. The molecule has 1 fully saturated rings. The van der Waals surface area contributed by atoms with Crippen LogP contribution in [-0.2, 0) is 0 Å². The van der Waals surface area contributed by atoms with Crippen molar-refractivity contribution in [3.8, 4) is 11.3 Å². The number of thiophene rings is 1. The van der Waals surface area contributed by atoms with E-state index in [2.05, 4.69) is 15.8 Å². The van der Waals surface area contributed by atoms with Crippen molar-refractivity contribution in [1.82, 2.24) is 15.1 Å². The molecule has 5 heteroatoms. The summed E-state index contributed by atoms with van der Waals surface area (Å²) in [6.45, 7) is 1.98. The fourth-order valence-electron chi connectivity index (χ4n) is 2.31. The Hall–Kier alpha value is -1.33. The number of aromatic amines is 1. The molecule has 0 amide bonds. The van der Waals surface area contributed by atoms with Gasteiger partial charge >= 0.3 is 0 Å². The Morgan fingerprint density at radius 1 is 1.35 bits per heavy atom. The van der Waals surface area contributed by atoms with Crippen molar-refractivity contribution in [2.75, 3.05) is 13.1 Å². The Morgan fingerprint density at radius 3 is 2.88 bits per heavy atom. The first-order valence-electron chi connectivity index (χ1n) is 5.89. The van der Waals surface area contributed by atoms with Gasteiger partial charge in [-0.05, 0) is 37.4 Å². The molecule has 90 valence electrons. The monoisotopic (exact) mass is 249 g/mol. The average Bonchev–Trinajstić information content (AvgIpc) is 2.99. The zero-order valence-electron chi connectivity index (χ0n) is 9.48. The van der Waals surface area contributed by atoms with Crippen LogP contribution in [0.2, 0.25) is 0 Å². The van der Waals surface area contributed by atoms with Crippen molar-refractivity contribution in [2.45, 2.75) is 18.9 Å². The predicted molar refractivity (Wildman–Crippen MR) is 69.5 cm³/mol. The lowest BCUT2D eigenvalue weighted by atomic mass is 10.1. The van der Waals surface area contributed by atoms with Crippen LogP contribution in [0.15, 0.2) is 27.7 Å². The van der Waals surface area contributed by atoms with E-state index in [1.165, 1.54) is 0 Å². The van der Waals surface area contributed by atoms with Gasteiger partial charge in [0.25, 0.3) is 5.56 Å². The van der Waals surface area contributed by atoms with Crippen LogP contribution in [-0.4, -0.2) is 22.9 Å². The van der Waals surface area contributed by atoms with Crippen molar-refractivity contribution in [3.05, 3.63) is 33.2 Å². The third-order valence-electron chi connectivity index (χ3n) is 3.25. The fourth-order valence-corrected chi connectivity index (χ4v) is 2.97. The molecule has 0 spiro atoms. The molecule has 1 aliphatic rings. The maximum absolute atomic E-state index is 11.9. The number of aromatic nitrogens is 2. The number of hydrogen-bond acceptors (Lipinski definition) is 3. The van der Waals surface area contributed by atoms with Crippen molar-refractivity contribution in [2.24, 2.45) is 0 Å². The van der Waals surface area contributed by atoms with Gasteiger partial charge in [0, 0.05) is 17.0 Å². The van der Waals surface area contributed by atoms with Crippen LogP contribution < -0.4 is 10.9 Å². The van der Waals surface area contributed by atoms with Gasteiger partial charge in [-0.15, -0.1) is 0 Å². The molecule has 0 radical (unpaired) electrons. The van der Waals surface area contributed by atoms with Crippen LogP contribution in [0.25, 0.3) is 11.3 Å². The standard InChI is InChI=1S/C12H15N3OS/c16-12-7-11(9-3-6-17-8-9)14-15(12)10-1-4-13-5-2-10/h3,6-8,10,13-14H,1-2,4-5H2. The van der Waals surface area contributed by atoms with Gasteiger partial charge in [-0.1, -0.05) is 0 Å². The molecular weight excluding hydrogens is 234 g/mol. The molecule has 4 nitrogen and oxygen atoms in total. The molecule has 0 aromatic carbocycles. The van der Waals surface area contributed by atoms with Gasteiger partial charge in [0.1, 0.15) is 0 Å². The highest BCUT2D eigenvalue weighted by Gasteiger charge is 2.17. The normalized spacial score (nSPS) is 17.4. The first kappa shape index (κ1) is 10.8. The lowest BCUT2D eigenvalue weighted by Crippen LogP contribution is -2.33. The quantitative estimate of drug-likeness (QED) is 0.853. The summed E-state index contributed by atoms with van der Waals surface area (Å²) < 4.78 is 1.79. The van der Waals surface area contributed by atoms with Gasteiger partial charge in [0.05, 0.1) is 11.7 Å². The molecular formula is C12H15N3OS. The molecule has 0 unspecified atom stereocenters. The molecule has 0 bridgehead atoms. The summed E-state index contributed by atoms with van der Waals surface area (Å²) in [6.07, 6.45) is 2.03. The van der Waals surface area contributed by atoms with Gasteiger partial charge in [-0.25, -0.2) is 4.68 Å². The van der Waals surface area contributed by atoms with Gasteiger partial charge in [0.15, 0.2) is 0 Å². The van der Waals surface area contributed by atoms with Crippen LogP contribution in [0.5, 0.6) is 0 Å². The van der Waals surface area contributed by atoms with Gasteiger partial charge in [-0.2, -0.15) is 11.3 Å². The van der Waals surface area contributed by atoms with Crippen LogP contribution in [0.1, 0.15) is 18.9 Å². The van der Waals surface area contributed by atoms with Crippen LogP contribution >= 0.6 is 11.3 Å². The summed E-state index contributed by atoms with van der Waals surface area (Å²) >= 11 is 1.64. The third kappa shape index (κ3) is 2.08. The molecule has 0 saturated carbocycles. The van der Waals surface area contributed by atoms with E-state index in [0.29, 0.717) is 6.04 Å². The number of nitrogens with one attached hydrogen (secondary N) is 2. The highest BCUT2D eigenvalue weighted by molar-refractivity contribution is 7.08. The van der Waals surface area contributed by atoms with Crippen LogP contribution in [0.4, 0.5) is 0 Å². The van der Waals surface area contributed by atoms with Crippen molar-refractivity contribution in [3.63, 3.8) is 0 Å². The molecule has 17 heavy (non-hydrogen) atoms. The maximum atomic E-state index is 11.9. The molecule has 2 aromatic heterocycles. The second-order valence-electron chi connectivity index (χ2n) is 4.37. The molecule has 3 rings (SSSR count). The molecule has 1 saturated heterocycles. The Bertz CT molecular complexity index is 534. The minimum absolute atomic E-state index is 0.0816. The first-order chi connectivity index (χ1) is 8.34. The third-order valence-corrected chi connectivity index (χ3v) is 3.94. The zero-order chi connectivity index (χ0) is 11.7. The minimum Gasteiger partial charge on any atom is -0.317 e. The van der Waals surface area contributed by atoms with E-state index in [-0.39, 0.29) is 5.56 Å². The van der Waals surface area contributed by atoms with E-state index < -0.39 is 0 Å². The Labute approximate surface area is 103 Å². The fraction of sp³-hybridized carbons (Fsp3) is 0.417. The summed E-state index contributed by atoms with van der Waals surface area (Å²) in [6, 6.07) is 4.04. The topological polar surface area (TPSA) is 49.8 Å². The molecule has 2 aromatic rings. The first-order valence-corrected chi connectivity index (χ1v) is 6.84. The van der Waals surface area contributed by atoms with Crippen LogP contribution in [0, 0.1) is 0 Å². The number of rotatable bonds is 2. The van der Waals surface area contributed by atoms with E-state index in [1.54, 1.807) is 22.1 Å². The second-order valence-corrected chi connectivity index (χ2v) is 5.15. The molecule has 0 atom stereocenters. The number of piperidine rings is 1. The summed E-state index contributed by atoms with van der Waals surface area (Å²) in [5, 5.41) is 10.6. The highest BCUT2D eigenvalue weighted by Crippen LogP contribution is 2.21. The number of nitrogens with zero attached hydrogens (tertiary/aromatic N) is 1. The van der Waals surface area contributed by atoms with E-state index >= 15 is 0 Å². The largest absolute Gasteiger partial charge is 0.317 e. The maximum Gasteiger partial charge on any atom is 0.267 e. The minimum atomic E-state index is 0.0816. The van der Waals surface area contributed by atoms with E-state index in [1.807, 2.05) is 11.4 Å². The van der Waals surface area contributed by atoms with E-state index in [4.69, 9.17) is 0 Å². The summed E-state index contributed by atoms with van der Waals surface area (Å²) in [7, 11) is 0. The Kier molecular flexibility index (Phi) is 2.86. The lowest BCUT2D eigenvalue weighted by molar-refractivity contribution is 0.337. The van der Waals surface area contributed by atoms with Crippen molar-refractivity contribution < 1.29 is 0 Å². The Balaban J connectivity index is 1.93. The predicted octanol–water partition coefficient (Wildman–Crippen LogP) is 1.83. The Morgan fingerprint density at radius 2 is 2.18 bits per heavy atom. The summed E-state index contributed by atoms with van der Waals surface area (Å²) in [5.74, 6) is 0. The summed E-state index contributed by atoms with van der Waals surface area (Å²) in [4.78, 5) is 11.9. The zero-order valence-corrected chi connectivity index (χ0v) is 10.3. The van der Waals surface area contributed by atoms with E-state index in [0.717, 1.165) is 37.2 Å². The van der Waals surface area contributed by atoms with Crippen LogP contribution in [0.3, 0.4) is 0 Å². The second kappa shape index (κ2) is 4.50. The lowest BCUT2D eigenvalue weighted by Gasteiger charge is -2.22. The van der Waals surface area contributed by atoms with E-state index in [9.17, 15) is 4.79 Å². The van der Waals surface area contributed by atoms with Gasteiger partial charge in [-0.3, -0.25) is 9.89 Å². The molecule has 3 heterocycles. The molecule has 0 aliphatic carbocycles.